The van der Waals surface area contributed by atoms with Crippen molar-refractivity contribution in [2.45, 2.75) is 53.9 Å². The third-order valence-electron chi connectivity index (χ3n) is 3.18. The number of carbonyl (C=O) groups excluding carboxylic acids is 1. The molecule has 0 amide bonds. The third kappa shape index (κ3) is 2.39. The molecule has 1 aliphatic rings. The molecular weight excluding hydrogens is 184 g/mol. The van der Waals surface area contributed by atoms with Crippen molar-refractivity contribution in [2.75, 3.05) is 0 Å². The second kappa shape index (κ2) is 4.34. The summed E-state index contributed by atoms with van der Waals surface area (Å²) in [6.07, 6.45) is 4.83. The summed E-state index contributed by atoms with van der Waals surface area (Å²) < 4.78 is 0. The van der Waals surface area contributed by atoms with Crippen LogP contribution in [0.1, 0.15) is 53.9 Å². The topological polar surface area (TPSA) is 17.1 Å². The number of carbonyl (C=O) groups is 1. The smallest absolute Gasteiger partial charge is 0.184 e. The highest BCUT2D eigenvalue weighted by Crippen LogP contribution is 2.37. The van der Waals surface area contributed by atoms with Gasteiger partial charge in [0.15, 0.2) is 5.78 Å². The average molecular weight is 206 g/mol. The summed E-state index contributed by atoms with van der Waals surface area (Å²) in [5.41, 5.74) is 3.55. The summed E-state index contributed by atoms with van der Waals surface area (Å²) in [4.78, 5) is 12.1. The Morgan fingerprint density at radius 2 is 1.93 bits per heavy atom. The molecule has 1 saturated carbocycles. The lowest BCUT2D eigenvalue weighted by molar-refractivity contribution is -0.111. The summed E-state index contributed by atoms with van der Waals surface area (Å²) in [6, 6.07) is 0. The van der Waals surface area contributed by atoms with Gasteiger partial charge in [0, 0.05) is 0 Å². The van der Waals surface area contributed by atoms with E-state index in [1.54, 1.807) is 0 Å². The van der Waals surface area contributed by atoms with Crippen LogP contribution in [0.5, 0.6) is 0 Å². The van der Waals surface area contributed by atoms with Gasteiger partial charge in [-0.05, 0) is 42.7 Å². The highest BCUT2D eigenvalue weighted by atomic mass is 16.1. The van der Waals surface area contributed by atoms with E-state index in [0.717, 1.165) is 30.4 Å². The van der Waals surface area contributed by atoms with Crippen LogP contribution in [-0.4, -0.2) is 5.78 Å². The Balaban J connectivity index is 3.16. The standard InChI is InChI=1S/C14H22O/c1-6-10-8-9-11(13(10)15)12(7-2)14(3,4)5/h6H,7-9H2,1-5H3/b10-6?,12-11+. The van der Waals surface area contributed by atoms with E-state index in [1.165, 1.54) is 5.57 Å². The van der Waals surface area contributed by atoms with Crippen LogP contribution in [0, 0.1) is 5.41 Å². The van der Waals surface area contributed by atoms with E-state index in [1.807, 2.05) is 13.0 Å². The molecule has 0 radical (unpaired) electrons. The van der Waals surface area contributed by atoms with Gasteiger partial charge in [0.2, 0.25) is 0 Å². The first kappa shape index (κ1) is 12.2. The van der Waals surface area contributed by atoms with Crippen LogP contribution < -0.4 is 0 Å². The van der Waals surface area contributed by atoms with Crippen LogP contribution in [0.3, 0.4) is 0 Å². The molecule has 84 valence electrons. The maximum Gasteiger partial charge on any atom is 0.184 e. The molecule has 1 aliphatic carbocycles. The van der Waals surface area contributed by atoms with Crippen molar-refractivity contribution in [3.05, 3.63) is 22.8 Å². The molecule has 0 heterocycles. The predicted octanol–water partition coefficient (Wildman–Crippen LogP) is 4.05. The molecule has 0 aromatic carbocycles. The Morgan fingerprint density at radius 3 is 2.27 bits per heavy atom. The molecule has 15 heavy (non-hydrogen) atoms. The van der Waals surface area contributed by atoms with Crippen LogP contribution >= 0.6 is 0 Å². The van der Waals surface area contributed by atoms with E-state index in [0.29, 0.717) is 5.78 Å². The van der Waals surface area contributed by atoms with Gasteiger partial charge in [0.1, 0.15) is 0 Å². The van der Waals surface area contributed by atoms with Gasteiger partial charge in [0.05, 0.1) is 0 Å². The zero-order valence-electron chi connectivity index (χ0n) is 10.6. The SMILES string of the molecule is CC=C1CC/C(=C(/CC)C(C)(C)C)C1=O. The summed E-state index contributed by atoms with van der Waals surface area (Å²) in [5.74, 6) is 0.296. The summed E-state index contributed by atoms with van der Waals surface area (Å²) in [7, 11) is 0. The van der Waals surface area contributed by atoms with Crippen LogP contribution in [0.4, 0.5) is 0 Å². The molecule has 0 atom stereocenters. The summed E-state index contributed by atoms with van der Waals surface area (Å²) in [6.45, 7) is 10.7. The van der Waals surface area contributed by atoms with Gasteiger partial charge in [0.25, 0.3) is 0 Å². The van der Waals surface area contributed by atoms with Gasteiger partial charge in [-0.2, -0.15) is 0 Å². The molecule has 0 spiro atoms. The van der Waals surface area contributed by atoms with Crippen LogP contribution in [-0.2, 0) is 4.79 Å². The van der Waals surface area contributed by atoms with Gasteiger partial charge in [-0.25, -0.2) is 0 Å². The minimum absolute atomic E-state index is 0.128. The van der Waals surface area contributed by atoms with Crippen LogP contribution in [0.25, 0.3) is 0 Å². The lowest BCUT2D eigenvalue weighted by Crippen LogP contribution is -2.13. The van der Waals surface area contributed by atoms with Gasteiger partial charge >= 0.3 is 0 Å². The minimum Gasteiger partial charge on any atom is -0.289 e. The fourth-order valence-corrected chi connectivity index (χ4v) is 2.44. The van der Waals surface area contributed by atoms with Gasteiger partial charge in [-0.15, -0.1) is 0 Å². The largest absolute Gasteiger partial charge is 0.289 e. The van der Waals surface area contributed by atoms with Crippen LogP contribution in [0.15, 0.2) is 22.8 Å². The summed E-state index contributed by atoms with van der Waals surface area (Å²) >= 11 is 0. The van der Waals surface area contributed by atoms with E-state index >= 15 is 0 Å². The van der Waals surface area contributed by atoms with Crippen molar-refractivity contribution in [2.24, 2.45) is 5.41 Å². The van der Waals surface area contributed by atoms with Crippen molar-refractivity contribution in [3.8, 4) is 0 Å². The number of Topliss-reactive ketones (excluding diaryl/α,β-unsaturated/α-hetero) is 1. The Bertz CT molecular complexity index is 324. The lowest BCUT2D eigenvalue weighted by atomic mass is 9.81. The van der Waals surface area contributed by atoms with Gasteiger partial charge < -0.3 is 0 Å². The maximum absolute atomic E-state index is 12.1. The first-order chi connectivity index (χ1) is 6.91. The minimum atomic E-state index is 0.128. The van der Waals surface area contributed by atoms with Crippen molar-refractivity contribution in [1.82, 2.24) is 0 Å². The number of hydrogen-bond donors (Lipinski definition) is 0. The monoisotopic (exact) mass is 206 g/mol. The second-order valence-corrected chi connectivity index (χ2v) is 5.20. The molecule has 1 fully saturated rings. The normalized spacial score (nSPS) is 23.8. The van der Waals surface area contributed by atoms with E-state index in [9.17, 15) is 4.79 Å². The molecule has 0 unspecified atom stereocenters. The zero-order chi connectivity index (χ0) is 11.6. The summed E-state index contributed by atoms with van der Waals surface area (Å²) in [5, 5.41) is 0. The Labute approximate surface area is 93.3 Å². The Hall–Kier alpha value is -0.850. The second-order valence-electron chi connectivity index (χ2n) is 5.20. The number of hydrogen-bond acceptors (Lipinski definition) is 1. The van der Waals surface area contributed by atoms with Crippen molar-refractivity contribution in [1.29, 1.82) is 0 Å². The van der Waals surface area contributed by atoms with E-state index in [2.05, 4.69) is 27.7 Å². The third-order valence-corrected chi connectivity index (χ3v) is 3.18. The quantitative estimate of drug-likeness (QED) is 0.591. The molecule has 1 rings (SSSR count). The number of ketones is 1. The highest BCUT2D eigenvalue weighted by Gasteiger charge is 2.29. The Morgan fingerprint density at radius 1 is 1.33 bits per heavy atom. The lowest BCUT2D eigenvalue weighted by Gasteiger charge is -2.24. The molecule has 0 aromatic heterocycles. The first-order valence-corrected chi connectivity index (χ1v) is 5.84. The molecule has 0 saturated heterocycles. The number of rotatable bonds is 1. The first-order valence-electron chi connectivity index (χ1n) is 5.84. The van der Waals surface area contributed by atoms with Gasteiger partial charge in [-0.3, -0.25) is 4.79 Å². The average Bonchev–Trinajstić information content (AvgIpc) is 2.47. The van der Waals surface area contributed by atoms with Crippen molar-refractivity contribution in [3.63, 3.8) is 0 Å². The molecular formula is C14H22O. The molecule has 1 heteroatoms. The van der Waals surface area contributed by atoms with Crippen LogP contribution in [0.2, 0.25) is 0 Å². The Kier molecular flexibility index (Phi) is 3.54. The zero-order valence-corrected chi connectivity index (χ0v) is 10.6. The number of allylic oxidation sites excluding steroid dienone is 4. The predicted molar refractivity (Wildman–Crippen MR) is 64.8 cm³/mol. The highest BCUT2D eigenvalue weighted by molar-refractivity contribution is 6.11. The fourth-order valence-electron chi connectivity index (χ4n) is 2.44. The van der Waals surface area contributed by atoms with Crippen molar-refractivity contribution >= 4 is 5.78 Å². The van der Waals surface area contributed by atoms with Gasteiger partial charge in [-0.1, -0.05) is 39.3 Å². The van der Waals surface area contributed by atoms with E-state index in [4.69, 9.17) is 0 Å². The molecule has 1 nitrogen and oxygen atoms in total. The van der Waals surface area contributed by atoms with E-state index in [-0.39, 0.29) is 5.41 Å². The van der Waals surface area contributed by atoms with E-state index < -0.39 is 0 Å². The molecule has 0 N–H and O–H groups in total. The maximum atomic E-state index is 12.1. The van der Waals surface area contributed by atoms with Crippen molar-refractivity contribution < 1.29 is 4.79 Å². The molecule has 0 bridgehead atoms. The molecule has 0 aliphatic heterocycles. The molecule has 0 aromatic rings. The fraction of sp³-hybridized carbons (Fsp3) is 0.643.